The van der Waals surface area contributed by atoms with Gasteiger partial charge >= 0.3 is 0 Å². The summed E-state index contributed by atoms with van der Waals surface area (Å²) in [6, 6.07) is 2.87. The van der Waals surface area contributed by atoms with Crippen LogP contribution in [0.5, 0.6) is 0 Å². The zero-order chi connectivity index (χ0) is 14.0. The van der Waals surface area contributed by atoms with Gasteiger partial charge in [0, 0.05) is 19.1 Å². The van der Waals surface area contributed by atoms with Crippen molar-refractivity contribution in [1.29, 1.82) is 5.26 Å². The minimum Gasteiger partial charge on any atom is -0.351 e. The zero-order valence-electron chi connectivity index (χ0n) is 12.1. The highest BCUT2D eigenvalue weighted by Crippen LogP contribution is 2.27. The Kier molecular flexibility index (Phi) is 4.01. The molecule has 0 aliphatic carbocycles. The Labute approximate surface area is 114 Å². The lowest BCUT2D eigenvalue weighted by molar-refractivity contribution is 0.245. The van der Waals surface area contributed by atoms with Gasteiger partial charge in [0.25, 0.3) is 0 Å². The van der Waals surface area contributed by atoms with E-state index in [1.54, 1.807) is 0 Å². The molecule has 102 valence electrons. The molecule has 0 spiro atoms. The molecule has 0 bridgehead atoms. The topological polar surface area (TPSA) is 56.1 Å². The predicted octanol–water partition coefficient (Wildman–Crippen LogP) is 1.22. The lowest BCUT2D eigenvalue weighted by atomic mass is 10.0. The summed E-state index contributed by atoms with van der Waals surface area (Å²) < 4.78 is 0. The number of hydrogen-bond acceptors (Lipinski definition) is 5. The number of anilines is 1. The number of rotatable bonds is 4. The van der Waals surface area contributed by atoms with Crippen molar-refractivity contribution in [2.75, 3.05) is 32.1 Å². The molecule has 1 saturated heterocycles. The van der Waals surface area contributed by atoms with Gasteiger partial charge in [-0.3, -0.25) is 0 Å². The first-order valence-corrected chi connectivity index (χ1v) is 6.82. The smallest absolute Gasteiger partial charge is 0.169 e. The predicted molar refractivity (Wildman–Crippen MR) is 75.2 cm³/mol. The maximum Gasteiger partial charge on any atom is 0.169 e. The highest BCUT2D eigenvalue weighted by atomic mass is 15.3. The molecule has 1 aromatic rings. The minimum atomic E-state index is 0.546. The average molecular weight is 259 g/mol. The van der Waals surface area contributed by atoms with E-state index in [9.17, 15) is 5.26 Å². The molecule has 0 N–H and O–H groups in total. The van der Waals surface area contributed by atoms with E-state index >= 15 is 0 Å². The molecule has 2 rings (SSSR count). The van der Waals surface area contributed by atoms with Crippen LogP contribution in [0.2, 0.25) is 0 Å². The summed E-state index contributed by atoms with van der Waals surface area (Å²) >= 11 is 0. The molecule has 0 saturated carbocycles. The van der Waals surface area contributed by atoms with Crippen LogP contribution in [-0.4, -0.2) is 48.3 Å². The summed E-state index contributed by atoms with van der Waals surface area (Å²) in [6.07, 6.45) is 1.66. The van der Waals surface area contributed by atoms with Gasteiger partial charge in [0.2, 0.25) is 0 Å². The van der Waals surface area contributed by atoms with Gasteiger partial charge in [-0.25, -0.2) is 0 Å². The van der Waals surface area contributed by atoms with Crippen molar-refractivity contribution in [3.05, 3.63) is 16.8 Å². The molecule has 2 heterocycles. The molecule has 0 aromatic carbocycles. The van der Waals surface area contributed by atoms with Crippen LogP contribution < -0.4 is 4.90 Å². The summed E-state index contributed by atoms with van der Waals surface area (Å²) in [4.78, 5) is 4.35. The molecule has 1 aliphatic rings. The van der Waals surface area contributed by atoms with Gasteiger partial charge in [-0.2, -0.15) is 10.4 Å². The number of nitrogens with zero attached hydrogens (tertiary/aromatic N) is 5. The van der Waals surface area contributed by atoms with E-state index in [-0.39, 0.29) is 0 Å². The summed E-state index contributed by atoms with van der Waals surface area (Å²) in [5, 5.41) is 18.0. The molecule has 1 fully saturated rings. The van der Waals surface area contributed by atoms with Gasteiger partial charge in [0.15, 0.2) is 5.82 Å². The van der Waals surface area contributed by atoms with Gasteiger partial charge in [-0.15, -0.1) is 5.10 Å². The third kappa shape index (κ3) is 2.41. The summed E-state index contributed by atoms with van der Waals surface area (Å²) in [5.74, 6) is 0.759. The fourth-order valence-electron chi connectivity index (χ4n) is 2.46. The van der Waals surface area contributed by atoms with Crippen molar-refractivity contribution in [3.8, 4) is 6.07 Å². The standard InChI is InChI=1S/C14H21N5/c1-5-11-12(7-15)14(17-16-13(11)6-2)19-8-10(9-19)18(3)4/h10H,5-6,8-9H2,1-4H3. The van der Waals surface area contributed by atoms with Crippen LogP contribution in [-0.2, 0) is 12.8 Å². The number of likely N-dealkylation sites (N-methyl/N-ethyl adjacent to an activating group) is 1. The highest BCUT2D eigenvalue weighted by Gasteiger charge is 2.32. The fourth-order valence-corrected chi connectivity index (χ4v) is 2.46. The maximum atomic E-state index is 9.44. The van der Waals surface area contributed by atoms with Crippen LogP contribution in [0.25, 0.3) is 0 Å². The van der Waals surface area contributed by atoms with Crippen molar-refractivity contribution in [2.24, 2.45) is 0 Å². The Morgan fingerprint density at radius 3 is 2.42 bits per heavy atom. The molecule has 1 aromatic heterocycles. The first kappa shape index (κ1) is 13.8. The normalized spacial score (nSPS) is 15.5. The lowest BCUT2D eigenvalue weighted by Crippen LogP contribution is -2.58. The monoisotopic (exact) mass is 259 g/mol. The summed E-state index contributed by atoms with van der Waals surface area (Å²) in [5.41, 5.74) is 2.72. The largest absolute Gasteiger partial charge is 0.351 e. The molecule has 0 atom stereocenters. The Morgan fingerprint density at radius 1 is 1.26 bits per heavy atom. The van der Waals surface area contributed by atoms with Crippen LogP contribution in [0, 0.1) is 11.3 Å². The number of nitriles is 1. The van der Waals surface area contributed by atoms with E-state index in [4.69, 9.17) is 0 Å². The molecule has 5 heteroatoms. The average Bonchev–Trinajstić information content (AvgIpc) is 2.35. The Morgan fingerprint density at radius 2 is 1.95 bits per heavy atom. The minimum absolute atomic E-state index is 0.546. The summed E-state index contributed by atoms with van der Waals surface area (Å²) in [7, 11) is 4.16. The number of hydrogen-bond donors (Lipinski definition) is 0. The van der Waals surface area contributed by atoms with Crippen LogP contribution in [0.1, 0.15) is 30.7 Å². The molecule has 19 heavy (non-hydrogen) atoms. The second-order valence-corrected chi connectivity index (χ2v) is 5.17. The van der Waals surface area contributed by atoms with E-state index in [1.165, 1.54) is 0 Å². The van der Waals surface area contributed by atoms with E-state index in [0.29, 0.717) is 11.6 Å². The molecule has 0 amide bonds. The number of aromatic nitrogens is 2. The molecular formula is C14H21N5. The van der Waals surface area contributed by atoms with Gasteiger partial charge in [0.1, 0.15) is 11.6 Å². The summed E-state index contributed by atoms with van der Waals surface area (Å²) in [6.45, 7) is 5.96. The lowest BCUT2D eigenvalue weighted by Gasteiger charge is -2.43. The Hall–Kier alpha value is -1.67. The third-order valence-electron chi connectivity index (χ3n) is 3.83. The Bertz CT molecular complexity index is 497. The van der Waals surface area contributed by atoms with Gasteiger partial charge in [0.05, 0.1) is 5.69 Å². The molecule has 0 radical (unpaired) electrons. The SMILES string of the molecule is CCc1nnc(N2CC(N(C)C)C2)c(C#N)c1CC. The van der Waals surface area contributed by atoms with Crippen LogP contribution in [0.4, 0.5) is 5.82 Å². The van der Waals surface area contributed by atoms with Gasteiger partial charge < -0.3 is 9.80 Å². The third-order valence-corrected chi connectivity index (χ3v) is 3.83. The van der Waals surface area contributed by atoms with Crippen molar-refractivity contribution >= 4 is 5.82 Å². The zero-order valence-corrected chi connectivity index (χ0v) is 12.1. The second-order valence-electron chi connectivity index (χ2n) is 5.17. The van der Waals surface area contributed by atoms with Crippen molar-refractivity contribution < 1.29 is 0 Å². The van der Waals surface area contributed by atoms with Crippen molar-refractivity contribution in [2.45, 2.75) is 32.7 Å². The van der Waals surface area contributed by atoms with Crippen LogP contribution >= 0.6 is 0 Å². The van der Waals surface area contributed by atoms with Gasteiger partial charge in [-0.05, 0) is 32.5 Å². The quantitative estimate of drug-likeness (QED) is 0.814. The highest BCUT2D eigenvalue weighted by molar-refractivity contribution is 5.59. The number of aryl methyl sites for hydroxylation is 1. The Balaban J connectivity index is 2.30. The first-order chi connectivity index (χ1) is 9.12. The van der Waals surface area contributed by atoms with E-state index in [0.717, 1.165) is 43.0 Å². The molecule has 1 aliphatic heterocycles. The van der Waals surface area contributed by atoms with Gasteiger partial charge in [-0.1, -0.05) is 13.8 Å². The second kappa shape index (κ2) is 5.54. The molecule has 0 unspecified atom stereocenters. The molecular weight excluding hydrogens is 238 g/mol. The van der Waals surface area contributed by atoms with Crippen LogP contribution in [0.3, 0.4) is 0 Å². The van der Waals surface area contributed by atoms with Crippen LogP contribution in [0.15, 0.2) is 0 Å². The van der Waals surface area contributed by atoms with Crippen molar-refractivity contribution in [1.82, 2.24) is 15.1 Å². The maximum absolute atomic E-state index is 9.44. The van der Waals surface area contributed by atoms with E-state index in [2.05, 4.69) is 54.0 Å². The van der Waals surface area contributed by atoms with E-state index in [1.807, 2.05) is 0 Å². The first-order valence-electron chi connectivity index (χ1n) is 6.82. The fraction of sp³-hybridized carbons (Fsp3) is 0.643. The van der Waals surface area contributed by atoms with Crippen molar-refractivity contribution in [3.63, 3.8) is 0 Å². The van der Waals surface area contributed by atoms with E-state index < -0.39 is 0 Å². The molecule has 5 nitrogen and oxygen atoms in total.